The zero-order chi connectivity index (χ0) is 19.8. The summed E-state index contributed by atoms with van der Waals surface area (Å²) in [6.45, 7) is 3.48. The summed E-state index contributed by atoms with van der Waals surface area (Å²) >= 11 is 0.467. The molecule has 0 amide bonds. The molecule has 0 unspecified atom stereocenters. The van der Waals surface area contributed by atoms with Crippen molar-refractivity contribution >= 4 is 17.7 Å². The third kappa shape index (κ3) is 3.32. The number of pyridine rings is 1. The summed E-state index contributed by atoms with van der Waals surface area (Å²) < 4.78 is 56.8. The molecule has 0 aliphatic carbocycles. The fraction of sp³-hybridized carbons (Fsp3) is 0.278. The SMILES string of the molecule is Cc1ccc(-n2c(Sc3c(F)c(F)nc(F)c3F)nnc2N2CCCC2)cc1. The maximum atomic E-state index is 14.1. The molecule has 0 N–H and O–H groups in total. The lowest BCUT2D eigenvalue weighted by Gasteiger charge is -2.18. The summed E-state index contributed by atoms with van der Waals surface area (Å²) in [4.78, 5) is 3.75. The Balaban J connectivity index is 1.83. The quantitative estimate of drug-likeness (QED) is 0.476. The molecule has 146 valence electrons. The zero-order valence-corrected chi connectivity index (χ0v) is 15.6. The lowest BCUT2D eigenvalue weighted by atomic mass is 10.2. The number of aryl methyl sites for hydroxylation is 1. The smallest absolute Gasteiger partial charge is 0.252 e. The van der Waals surface area contributed by atoms with Crippen LogP contribution in [0.2, 0.25) is 0 Å². The highest BCUT2D eigenvalue weighted by Gasteiger charge is 2.27. The molecule has 1 aliphatic rings. The first-order chi connectivity index (χ1) is 13.5. The van der Waals surface area contributed by atoms with Crippen LogP contribution in [0.25, 0.3) is 5.69 Å². The Bertz CT molecular complexity index is 990. The molecule has 3 aromatic rings. The summed E-state index contributed by atoms with van der Waals surface area (Å²) in [5, 5.41) is 8.29. The highest BCUT2D eigenvalue weighted by atomic mass is 32.2. The Labute approximate surface area is 162 Å². The van der Waals surface area contributed by atoms with Crippen molar-refractivity contribution in [3.63, 3.8) is 0 Å². The second-order valence-corrected chi connectivity index (χ2v) is 7.38. The molecule has 0 saturated carbocycles. The maximum absolute atomic E-state index is 14.1. The standard InChI is InChI=1S/C18H15F4N5S/c1-10-4-6-11(7-5-10)27-17(26-8-2-3-9-26)24-25-18(27)28-14-12(19)15(21)23-16(22)13(14)20/h4-7H,2-3,8-9H2,1H3. The third-order valence-corrected chi connectivity index (χ3v) is 5.46. The molecule has 5 nitrogen and oxygen atoms in total. The van der Waals surface area contributed by atoms with Crippen LogP contribution in [-0.2, 0) is 0 Å². The number of anilines is 1. The van der Waals surface area contributed by atoms with Gasteiger partial charge in [0.25, 0.3) is 11.9 Å². The van der Waals surface area contributed by atoms with E-state index in [1.165, 1.54) is 0 Å². The van der Waals surface area contributed by atoms with Crippen LogP contribution in [0.1, 0.15) is 18.4 Å². The van der Waals surface area contributed by atoms with Crippen molar-refractivity contribution in [2.45, 2.75) is 29.8 Å². The van der Waals surface area contributed by atoms with E-state index in [1.807, 2.05) is 36.1 Å². The van der Waals surface area contributed by atoms with E-state index in [2.05, 4.69) is 15.2 Å². The number of aromatic nitrogens is 4. The van der Waals surface area contributed by atoms with Crippen molar-refractivity contribution in [2.75, 3.05) is 18.0 Å². The Morgan fingerprint density at radius 2 is 1.50 bits per heavy atom. The normalized spacial score (nSPS) is 14.1. The minimum absolute atomic E-state index is 0.0913. The first-order valence-corrected chi connectivity index (χ1v) is 9.42. The van der Waals surface area contributed by atoms with E-state index < -0.39 is 28.4 Å². The molecule has 0 atom stereocenters. The van der Waals surface area contributed by atoms with Crippen LogP contribution in [0.5, 0.6) is 0 Å². The largest absolute Gasteiger partial charge is 0.341 e. The molecular formula is C18H15F4N5S. The molecule has 2 aromatic heterocycles. The van der Waals surface area contributed by atoms with Crippen LogP contribution in [0.4, 0.5) is 23.5 Å². The second kappa shape index (κ2) is 7.42. The summed E-state index contributed by atoms with van der Waals surface area (Å²) in [7, 11) is 0. The van der Waals surface area contributed by atoms with E-state index in [9.17, 15) is 17.6 Å². The van der Waals surface area contributed by atoms with Crippen LogP contribution in [0.3, 0.4) is 0 Å². The van der Waals surface area contributed by atoms with E-state index >= 15 is 0 Å². The average molecular weight is 409 g/mol. The van der Waals surface area contributed by atoms with Crippen LogP contribution in [-0.4, -0.2) is 32.8 Å². The van der Waals surface area contributed by atoms with Gasteiger partial charge in [-0.05, 0) is 43.7 Å². The molecule has 28 heavy (non-hydrogen) atoms. The molecular weight excluding hydrogens is 394 g/mol. The fourth-order valence-corrected chi connectivity index (χ4v) is 3.91. The third-order valence-electron chi connectivity index (χ3n) is 4.45. The van der Waals surface area contributed by atoms with Crippen molar-refractivity contribution in [1.29, 1.82) is 0 Å². The zero-order valence-electron chi connectivity index (χ0n) is 14.8. The number of hydrogen-bond donors (Lipinski definition) is 0. The number of halogens is 4. The van der Waals surface area contributed by atoms with Gasteiger partial charge in [-0.2, -0.15) is 13.8 Å². The van der Waals surface area contributed by atoms with Gasteiger partial charge >= 0.3 is 0 Å². The van der Waals surface area contributed by atoms with Crippen LogP contribution in [0.15, 0.2) is 34.3 Å². The maximum Gasteiger partial charge on any atom is 0.252 e. The average Bonchev–Trinajstić information content (AvgIpc) is 3.34. The number of rotatable bonds is 4. The van der Waals surface area contributed by atoms with Crippen molar-refractivity contribution < 1.29 is 17.6 Å². The van der Waals surface area contributed by atoms with Crippen LogP contribution in [0, 0.1) is 30.5 Å². The van der Waals surface area contributed by atoms with Crippen molar-refractivity contribution in [1.82, 2.24) is 19.7 Å². The van der Waals surface area contributed by atoms with E-state index in [0.29, 0.717) is 23.4 Å². The minimum Gasteiger partial charge on any atom is -0.341 e. The molecule has 1 aromatic carbocycles. The molecule has 1 saturated heterocycles. The Morgan fingerprint density at radius 1 is 0.893 bits per heavy atom. The van der Waals surface area contributed by atoms with Crippen molar-refractivity contribution in [2.24, 2.45) is 0 Å². The Kier molecular flexibility index (Phi) is 4.96. The number of nitrogens with zero attached hydrogens (tertiary/aromatic N) is 5. The Morgan fingerprint density at radius 3 is 2.11 bits per heavy atom. The van der Waals surface area contributed by atoms with E-state index in [-0.39, 0.29) is 5.16 Å². The van der Waals surface area contributed by atoms with Gasteiger partial charge in [0.15, 0.2) is 11.6 Å². The molecule has 1 fully saturated rings. The van der Waals surface area contributed by atoms with Crippen molar-refractivity contribution in [3.8, 4) is 5.69 Å². The predicted octanol–water partition coefficient (Wildman–Crippen LogP) is 4.28. The van der Waals surface area contributed by atoms with Gasteiger partial charge in [0, 0.05) is 13.1 Å². The van der Waals surface area contributed by atoms with Gasteiger partial charge in [0.1, 0.15) is 0 Å². The topological polar surface area (TPSA) is 46.8 Å². The molecule has 0 bridgehead atoms. The molecule has 4 rings (SSSR count). The van der Waals surface area contributed by atoms with Crippen LogP contribution < -0.4 is 4.90 Å². The highest BCUT2D eigenvalue weighted by molar-refractivity contribution is 7.99. The van der Waals surface area contributed by atoms with Gasteiger partial charge in [0.05, 0.1) is 10.6 Å². The highest BCUT2D eigenvalue weighted by Crippen LogP contribution is 2.36. The molecule has 3 heterocycles. The number of hydrogen-bond acceptors (Lipinski definition) is 5. The Hall–Kier alpha value is -2.62. The molecule has 10 heteroatoms. The summed E-state index contributed by atoms with van der Waals surface area (Å²) in [6, 6.07) is 7.40. The van der Waals surface area contributed by atoms with Gasteiger partial charge in [-0.15, -0.1) is 10.2 Å². The number of benzene rings is 1. The van der Waals surface area contributed by atoms with E-state index in [1.54, 1.807) is 4.57 Å². The first kappa shape index (κ1) is 18.7. The second-order valence-electron chi connectivity index (χ2n) is 6.40. The van der Waals surface area contributed by atoms with Gasteiger partial charge in [-0.1, -0.05) is 17.7 Å². The fourth-order valence-electron chi connectivity index (χ4n) is 3.02. The summed E-state index contributed by atoms with van der Waals surface area (Å²) in [5.41, 5.74) is 1.71. The predicted molar refractivity (Wildman–Crippen MR) is 95.7 cm³/mol. The summed E-state index contributed by atoms with van der Waals surface area (Å²) in [6.07, 6.45) is 1.99. The lowest BCUT2D eigenvalue weighted by Crippen LogP contribution is -2.22. The molecule has 0 radical (unpaired) electrons. The van der Waals surface area contributed by atoms with Gasteiger partial charge in [-0.25, -0.2) is 8.78 Å². The van der Waals surface area contributed by atoms with Crippen molar-refractivity contribution in [3.05, 3.63) is 53.4 Å². The first-order valence-electron chi connectivity index (χ1n) is 8.61. The van der Waals surface area contributed by atoms with E-state index in [4.69, 9.17) is 0 Å². The lowest BCUT2D eigenvalue weighted by molar-refractivity contribution is 0.383. The molecule has 0 spiro atoms. The van der Waals surface area contributed by atoms with Crippen LogP contribution >= 0.6 is 11.8 Å². The van der Waals surface area contributed by atoms with Gasteiger partial charge in [-0.3, -0.25) is 4.57 Å². The minimum atomic E-state index is -1.71. The van der Waals surface area contributed by atoms with Gasteiger partial charge < -0.3 is 4.90 Å². The summed E-state index contributed by atoms with van der Waals surface area (Å²) in [5.74, 6) is -6.03. The van der Waals surface area contributed by atoms with Gasteiger partial charge in [0.2, 0.25) is 11.1 Å². The monoisotopic (exact) mass is 409 g/mol. The van der Waals surface area contributed by atoms with E-state index in [0.717, 1.165) is 31.5 Å². The molecule has 1 aliphatic heterocycles.